The van der Waals surface area contributed by atoms with Gasteiger partial charge in [-0.05, 0) is 48.5 Å². The molecule has 0 radical (unpaired) electrons. The molecule has 3 aromatic rings. The molecule has 0 aliphatic carbocycles. The molecule has 30 heavy (non-hydrogen) atoms. The second kappa shape index (κ2) is 8.68. The summed E-state index contributed by atoms with van der Waals surface area (Å²) in [5, 5.41) is 13.7. The molecular weight excluding hydrogens is 399 g/mol. The Kier molecular flexibility index (Phi) is 6.05. The van der Waals surface area contributed by atoms with E-state index in [0.717, 1.165) is 23.5 Å². The van der Waals surface area contributed by atoms with Crippen molar-refractivity contribution in [3.63, 3.8) is 0 Å². The summed E-state index contributed by atoms with van der Waals surface area (Å²) in [5.74, 6) is -0.283. The Morgan fingerprint density at radius 3 is 2.23 bits per heavy atom. The Hall–Kier alpha value is -3.82. The van der Waals surface area contributed by atoms with E-state index in [2.05, 4.69) is 25.6 Å². The van der Waals surface area contributed by atoms with Crippen LogP contribution in [0.2, 0.25) is 0 Å². The van der Waals surface area contributed by atoms with Crippen LogP contribution in [-0.4, -0.2) is 36.6 Å². The average molecular weight is 417 g/mol. The van der Waals surface area contributed by atoms with Crippen LogP contribution in [0.25, 0.3) is 0 Å². The van der Waals surface area contributed by atoms with Crippen molar-refractivity contribution >= 4 is 28.8 Å². The standard InChI is InChI=1S/C20H18F3N5O2/c1-28(2)16-11-18(27-24-12-16)25-14-5-7-15(8-6-14)26-19(29)13-3-9-17(10-4-13)30-20(21,22)23/h3-12H,1-2H3,(H,25,27)(H,26,29). The lowest BCUT2D eigenvalue weighted by molar-refractivity contribution is -0.274. The lowest BCUT2D eigenvalue weighted by Gasteiger charge is -2.13. The minimum atomic E-state index is -4.78. The Labute approximate surface area is 170 Å². The van der Waals surface area contributed by atoms with Crippen LogP contribution in [0.15, 0.2) is 60.8 Å². The lowest BCUT2D eigenvalue weighted by atomic mass is 10.2. The number of hydrogen-bond donors (Lipinski definition) is 2. The molecule has 7 nitrogen and oxygen atoms in total. The second-order valence-corrected chi connectivity index (χ2v) is 6.42. The van der Waals surface area contributed by atoms with E-state index < -0.39 is 18.0 Å². The molecule has 10 heteroatoms. The van der Waals surface area contributed by atoms with Crippen LogP contribution in [0.1, 0.15) is 10.4 Å². The molecule has 0 aliphatic rings. The highest BCUT2D eigenvalue weighted by atomic mass is 19.4. The number of aromatic nitrogens is 2. The number of anilines is 4. The molecule has 3 rings (SSSR count). The Bertz CT molecular complexity index is 1010. The van der Waals surface area contributed by atoms with Crippen molar-refractivity contribution in [1.82, 2.24) is 10.2 Å². The third-order valence-corrected chi connectivity index (χ3v) is 3.92. The van der Waals surface area contributed by atoms with Crippen molar-refractivity contribution < 1.29 is 22.7 Å². The molecule has 2 aromatic carbocycles. The van der Waals surface area contributed by atoms with Crippen LogP contribution in [0.4, 0.5) is 36.1 Å². The van der Waals surface area contributed by atoms with Crippen molar-refractivity contribution in [2.24, 2.45) is 0 Å². The zero-order chi connectivity index (χ0) is 21.7. The van der Waals surface area contributed by atoms with E-state index in [1.54, 1.807) is 30.5 Å². The zero-order valence-corrected chi connectivity index (χ0v) is 16.1. The molecule has 1 heterocycles. The van der Waals surface area contributed by atoms with Gasteiger partial charge in [-0.2, -0.15) is 5.10 Å². The van der Waals surface area contributed by atoms with Gasteiger partial charge in [0.1, 0.15) is 5.75 Å². The van der Waals surface area contributed by atoms with Crippen LogP contribution in [0.3, 0.4) is 0 Å². The van der Waals surface area contributed by atoms with Gasteiger partial charge in [0.2, 0.25) is 0 Å². The summed E-state index contributed by atoms with van der Waals surface area (Å²) in [6.07, 6.45) is -3.13. The summed E-state index contributed by atoms with van der Waals surface area (Å²) >= 11 is 0. The molecule has 1 aromatic heterocycles. The summed E-state index contributed by atoms with van der Waals surface area (Å²) in [5.41, 5.74) is 2.35. The van der Waals surface area contributed by atoms with Crippen molar-refractivity contribution in [1.29, 1.82) is 0 Å². The summed E-state index contributed by atoms with van der Waals surface area (Å²) in [6, 6.07) is 13.4. The first-order valence-corrected chi connectivity index (χ1v) is 8.74. The number of benzene rings is 2. The van der Waals surface area contributed by atoms with Gasteiger partial charge in [0, 0.05) is 37.1 Å². The van der Waals surface area contributed by atoms with Gasteiger partial charge >= 0.3 is 6.36 Å². The van der Waals surface area contributed by atoms with Gasteiger partial charge in [0.25, 0.3) is 5.91 Å². The number of alkyl halides is 3. The normalized spacial score (nSPS) is 11.0. The third kappa shape index (κ3) is 5.84. The van der Waals surface area contributed by atoms with Crippen LogP contribution in [0.5, 0.6) is 5.75 Å². The lowest BCUT2D eigenvalue weighted by Crippen LogP contribution is -2.17. The number of ether oxygens (including phenoxy) is 1. The van der Waals surface area contributed by atoms with Crippen LogP contribution in [0, 0.1) is 0 Å². The van der Waals surface area contributed by atoms with Crippen molar-refractivity contribution in [2.75, 3.05) is 29.6 Å². The molecule has 0 saturated heterocycles. The molecule has 0 aliphatic heterocycles. The number of nitrogens with zero attached hydrogens (tertiary/aromatic N) is 3. The quantitative estimate of drug-likeness (QED) is 0.618. The molecule has 0 fully saturated rings. The fourth-order valence-corrected chi connectivity index (χ4v) is 2.46. The maximum atomic E-state index is 12.3. The first-order chi connectivity index (χ1) is 14.2. The summed E-state index contributed by atoms with van der Waals surface area (Å²) < 4.78 is 40.4. The predicted octanol–water partition coefficient (Wildman–Crippen LogP) is 4.44. The number of carbonyl (C=O) groups excluding carboxylic acids is 1. The van der Waals surface area contributed by atoms with Crippen molar-refractivity contribution in [3.8, 4) is 5.75 Å². The molecule has 0 spiro atoms. The Morgan fingerprint density at radius 2 is 1.63 bits per heavy atom. The van der Waals surface area contributed by atoms with Crippen molar-refractivity contribution in [2.45, 2.75) is 6.36 Å². The SMILES string of the molecule is CN(C)c1cnnc(Nc2ccc(NC(=O)c3ccc(OC(F)(F)F)cc3)cc2)c1. The molecule has 156 valence electrons. The average Bonchev–Trinajstić information content (AvgIpc) is 2.69. The van der Waals surface area contributed by atoms with E-state index in [-0.39, 0.29) is 5.56 Å². The largest absolute Gasteiger partial charge is 0.573 e. The summed E-state index contributed by atoms with van der Waals surface area (Å²) in [4.78, 5) is 14.2. The minimum Gasteiger partial charge on any atom is -0.406 e. The molecule has 0 atom stereocenters. The molecule has 2 N–H and O–H groups in total. The molecular formula is C20H18F3N5O2. The van der Waals surface area contributed by atoms with Crippen LogP contribution >= 0.6 is 0 Å². The summed E-state index contributed by atoms with van der Waals surface area (Å²) in [6.45, 7) is 0. The van der Waals surface area contributed by atoms with Gasteiger partial charge in [-0.15, -0.1) is 18.3 Å². The van der Waals surface area contributed by atoms with Gasteiger partial charge in [-0.1, -0.05) is 0 Å². The summed E-state index contributed by atoms with van der Waals surface area (Å²) in [7, 11) is 3.80. The zero-order valence-electron chi connectivity index (χ0n) is 16.1. The van der Waals surface area contributed by atoms with Gasteiger partial charge in [-0.25, -0.2) is 0 Å². The van der Waals surface area contributed by atoms with E-state index in [9.17, 15) is 18.0 Å². The van der Waals surface area contributed by atoms with E-state index in [1.807, 2.05) is 25.1 Å². The van der Waals surface area contributed by atoms with Gasteiger partial charge < -0.3 is 20.3 Å². The predicted molar refractivity (Wildman–Crippen MR) is 107 cm³/mol. The van der Waals surface area contributed by atoms with E-state index in [1.165, 1.54) is 12.1 Å². The smallest absolute Gasteiger partial charge is 0.406 e. The van der Waals surface area contributed by atoms with E-state index in [0.29, 0.717) is 11.5 Å². The maximum absolute atomic E-state index is 12.3. The number of halogens is 3. The van der Waals surface area contributed by atoms with Gasteiger partial charge in [0.15, 0.2) is 5.82 Å². The number of rotatable bonds is 6. The first-order valence-electron chi connectivity index (χ1n) is 8.74. The number of hydrogen-bond acceptors (Lipinski definition) is 6. The highest BCUT2D eigenvalue weighted by Gasteiger charge is 2.31. The number of carbonyl (C=O) groups is 1. The third-order valence-electron chi connectivity index (χ3n) is 3.92. The highest BCUT2D eigenvalue weighted by Crippen LogP contribution is 2.24. The number of nitrogens with one attached hydrogen (secondary N) is 2. The minimum absolute atomic E-state index is 0.197. The highest BCUT2D eigenvalue weighted by molar-refractivity contribution is 6.04. The molecule has 0 unspecified atom stereocenters. The fraction of sp³-hybridized carbons (Fsp3) is 0.150. The fourth-order valence-electron chi connectivity index (χ4n) is 2.46. The van der Waals surface area contributed by atoms with Crippen LogP contribution in [-0.2, 0) is 0 Å². The van der Waals surface area contributed by atoms with Gasteiger partial charge in [-0.3, -0.25) is 4.79 Å². The Morgan fingerprint density at radius 1 is 1.00 bits per heavy atom. The van der Waals surface area contributed by atoms with E-state index >= 15 is 0 Å². The topological polar surface area (TPSA) is 79.4 Å². The first kappa shape index (κ1) is 20.9. The molecule has 0 saturated carbocycles. The second-order valence-electron chi connectivity index (χ2n) is 6.42. The van der Waals surface area contributed by atoms with Crippen molar-refractivity contribution in [3.05, 3.63) is 66.4 Å². The maximum Gasteiger partial charge on any atom is 0.573 e. The van der Waals surface area contributed by atoms with Gasteiger partial charge in [0.05, 0.1) is 11.9 Å². The number of amides is 1. The molecule has 1 amide bonds. The Balaban J connectivity index is 1.61. The van der Waals surface area contributed by atoms with Crippen LogP contribution < -0.4 is 20.3 Å². The molecule has 0 bridgehead atoms. The van der Waals surface area contributed by atoms with E-state index in [4.69, 9.17) is 0 Å². The monoisotopic (exact) mass is 417 g/mol.